The molecular weight excluding hydrogens is 240 g/mol. The van der Waals surface area contributed by atoms with E-state index in [0.29, 0.717) is 0 Å². The lowest BCUT2D eigenvalue weighted by molar-refractivity contribution is 1.67. The molecule has 0 saturated heterocycles. The monoisotopic (exact) mass is 264 g/mol. The molecule has 0 atom stereocenters. The van der Waals surface area contributed by atoms with E-state index in [4.69, 9.17) is 0 Å². The van der Waals surface area contributed by atoms with Crippen molar-refractivity contribution in [1.82, 2.24) is 0 Å². The topological polar surface area (TPSA) is 0 Å². The fourth-order valence-corrected chi connectivity index (χ4v) is 1.18. The summed E-state index contributed by atoms with van der Waals surface area (Å²) < 4.78 is 0. The second-order valence-electron chi connectivity index (χ2n) is 3.23. The molecule has 20 heavy (non-hydrogen) atoms. The minimum absolute atomic E-state index is 1.17. The molecule has 0 aliphatic rings. The Hall–Kier alpha value is -2.60. The molecule has 0 unspecified atom stereocenters. The van der Waals surface area contributed by atoms with Gasteiger partial charge in [0.25, 0.3) is 0 Å². The predicted molar refractivity (Wildman–Crippen MR) is 95.6 cm³/mol. The fraction of sp³-hybridized carbons (Fsp3) is 0. The number of hydrogen-bond donors (Lipinski definition) is 0. The smallest absolute Gasteiger partial charge is 0.0263 e. The quantitative estimate of drug-likeness (QED) is 0.561. The van der Waals surface area contributed by atoms with Gasteiger partial charge in [0.15, 0.2) is 0 Å². The standard InChI is InChI=1S/2C8H8.2C2H4/c2*1-2-8-6-4-3-5-7-8;2*1-2/h2*2-7H,1H2;2*1-2H2. The zero-order valence-corrected chi connectivity index (χ0v) is 12.2. The maximum Gasteiger partial charge on any atom is -0.0263 e. The lowest BCUT2D eigenvalue weighted by Crippen LogP contribution is -1.63. The van der Waals surface area contributed by atoms with Crippen LogP contribution >= 0.6 is 0 Å². The minimum Gasteiger partial charge on any atom is -0.106 e. The number of rotatable bonds is 2. The van der Waals surface area contributed by atoms with Crippen LogP contribution in [0.15, 0.2) is 100 Å². The Balaban J connectivity index is 0. The Kier molecular flexibility index (Phi) is 16.2. The first kappa shape index (κ1) is 19.7. The van der Waals surface area contributed by atoms with E-state index in [1.807, 2.05) is 72.8 Å². The molecule has 0 amide bonds. The second-order valence-corrected chi connectivity index (χ2v) is 3.23. The molecule has 0 nitrogen and oxygen atoms in total. The van der Waals surface area contributed by atoms with Gasteiger partial charge in [-0.05, 0) is 11.1 Å². The molecule has 2 aromatic carbocycles. The van der Waals surface area contributed by atoms with E-state index >= 15 is 0 Å². The van der Waals surface area contributed by atoms with Crippen molar-refractivity contribution in [1.29, 1.82) is 0 Å². The maximum absolute atomic E-state index is 3.63. The van der Waals surface area contributed by atoms with Gasteiger partial charge < -0.3 is 0 Å². The normalized spacial score (nSPS) is 7.20. The van der Waals surface area contributed by atoms with E-state index < -0.39 is 0 Å². The summed E-state index contributed by atoms with van der Waals surface area (Å²) in [6.45, 7) is 19.3. The van der Waals surface area contributed by atoms with Gasteiger partial charge in [-0.1, -0.05) is 86.0 Å². The SMILES string of the molecule is C=C.C=C.C=Cc1ccccc1.C=Cc1ccccc1. The summed E-state index contributed by atoms with van der Waals surface area (Å²) in [5, 5.41) is 0. The second kappa shape index (κ2) is 16.4. The highest BCUT2D eigenvalue weighted by atomic mass is 13.8. The van der Waals surface area contributed by atoms with E-state index in [2.05, 4.69) is 39.5 Å². The van der Waals surface area contributed by atoms with Crippen LogP contribution in [-0.4, -0.2) is 0 Å². The van der Waals surface area contributed by atoms with E-state index in [1.165, 1.54) is 11.1 Å². The maximum atomic E-state index is 3.63. The highest BCUT2D eigenvalue weighted by Gasteiger charge is 1.76. The first-order valence-corrected chi connectivity index (χ1v) is 6.22. The lowest BCUT2D eigenvalue weighted by atomic mass is 10.2. The molecule has 0 heterocycles. The van der Waals surface area contributed by atoms with Crippen molar-refractivity contribution in [2.24, 2.45) is 0 Å². The molecule has 0 bridgehead atoms. The van der Waals surface area contributed by atoms with E-state index in [0.717, 1.165) is 0 Å². The highest BCUT2D eigenvalue weighted by Crippen LogP contribution is 1.98. The molecule has 0 aromatic heterocycles. The molecule has 0 spiro atoms. The Labute approximate surface area is 124 Å². The first-order valence-electron chi connectivity index (χ1n) is 6.22. The Morgan fingerprint density at radius 3 is 0.900 bits per heavy atom. The van der Waals surface area contributed by atoms with Crippen LogP contribution in [0, 0.1) is 0 Å². The zero-order chi connectivity index (χ0) is 15.6. The van der Waals surface area contributed by atoms with Gasteiger partial charge in [-0.25, -0.2) is 0 Å². The molecular formula is C20H24. The first-order chi connectivity index (χ1) is 9.86. The summed E-state index contributed by atoms with van der Waals surface area (Å²) in [5.74, 6) is 0. The third-order valence-electron chi connectivity index (χ3n) is 2.07. The number of hydrogen-bond acceptors (Lipinski definition) is 0. The zero-order valence-electron chi connectivity index (χ0n) is 12.2. The number of benzene rings is 2. The van der Waals surface area contributed by atoms with Gasteiger partial charge in [-0.2, -0.15) is 0 Å². The summed E-state index contributed by atoms with van der Waals surface area (Å²) in [5.41, 5.74) is 2.35. The van der Waals surface area contributed by atoms with E-state index in [-0.39, 0.29) is 0 Å². The van der Waals surface area contributed by atoms with Crippen LogP contribution in [-0.2, 0) is 0 Å². The van der Waals surface area contributed by atoms with Gasteiger partial charge >= 0.3 is 0 Å². The van der Waals surface area contributed by atoms with Crippen molar-refractivity contribution >= 4 is 12.2 Å². The van der Waals surface area contributed by atoms with Gasteiger partial charge in [-0.3, -0.25) is 0 Å². The summed E-state index contributed by atoms with van der Waals surface area (Å²) in [7, 11) is 0. The van der Waals surface area contributed by atoms with Gasteiger partial charge in [0.1, 0.15) is 0 Å². The summed E-state index contributed by atoms with van der Waals surface area (Å²) >= 11 is 0. The van der Waals surface area contributed by atoms with Crippen LogP contribution in [0.2, 0.25) is 0 Å². The Morgan fingerprint density at radius 1 is 0.500 bits per heavy atom. The molecule has 0 N–H and O–H groups in total. The largest absolute Gasteiger partial charge is 0.106 e. The average molecular weight is 264 g/mol. The summed E-state index contributed by atoms with van der Waals surface area (Å²) in [4.78, 5) is 0. The van der Waals surface area contributed by atoms with Crippen LogP contribution in [0.25, 0.3) is 12.2 Å². The molecule has 0 heteroatoms. The molecule has 0 saturated carbocycles. The van der Waals surface area contributed by atoms with Crippen LogP contribution in [0.5, 0.6) is 0 Å². The van der Waals surface area contributed by atoms with Crippen LogP contribution < -0.4 is 0 Å². The van der Waals surface area contributed by atoms with Gasteiger partial charge in [-0.15, -0.1) is 26.3 Å². The fourth-order valence-electron chi connectivity index (χ4n) is 1.18. The summed E-state index contributed by atoms with van der Waals surface area (Å²) in [6.07, 6.45) is 3.67. The summed E-state index contributed by atoms with van der Waals surface area (Å²) in [6, 6.07) is 20.1. The van der Waals surface area contributed by atoms with Gasteiger partial charge in [0.05, 0.1) is 0 Å². The molecule has 0 radical (unpaired) electrons. The lowest BCUT2D eigenvalue weighted by Gasteiger charge is -1.85. The van der Waals surface area contributed by atoms with Gasteiger partial charge in [0.2, 0.25) is 0 Å². The molecule has 0 aliphatic heterocycles. The van der Waals surface area contributed by atoms with Crippen molar-refractivity contribution in [3.8, 4) is 0 Å². The van der Waals surface area contributed by atoms with Crippen LogP contribution in [0.1, 0.15) is 11.1 Å². The third-order valence-corrected chi connectivity index (χ3v) is 2.07. The van der Waals surface area contributed by atoms with Crippen molar-refractivity contribution in [2.75, 3.05) is 0 Å². The van der Waals surface area contributed by atoms with Gasteiger partial charge in [0, 0.05) is 0 Å². The van der Waals surface area contributed by atoms with E-state index in [9.17, 15) is 0 Å². The van der Waals surface area contributed by atoms with Crippen molar-refractivity contribution in [3.63, 3.8) is 0 Å². The third kappa shape index (κ3) is 10.5. The van der Waals surface area contributed by atoms with Crippen LogP contribution in [0.3, 0.4) is 0 Å². The predicted octanol–water partition coefficient (Wildman–Crippen LogP) is 6.26. The molecule has 0 fully saturated rings. The molecule has 2 aromatic rings. The van der Waals surface area contributed by atoms with Crippen LogP contribution in [0.4, 0.5) is 0 Å². The average Bonchev–Trinajstić information content (AvgIpc) is 2.60. The van der Waals surface area contributed by atoms with Crippen molar-refractivity contribution < 1.29 is 0 Å². The molecule has 104 valence electrons. The molecule has 0 aliphatic carbocycles. The minimum atomic E-state index is 1.17. The molecule has 2 rings (SSSR count). The Morgan fingerprint density at radius 2 is 0.750 bits per heavy atom. The van der Waals surface area contributed by atoms with Crippen molar-refractivity contribution in [2.45, 2.75) is 0 Å². The Bertz CT molecular complexity index is 394. The van der Waals surface area contributed by atoms with Crippen molar-refractivity contribution in [3.05, 3.63) is 111 Å². The highest BCUT2D eigenvalue weighted by molar-refractivity contribution is 5.46. The van der Waals surface area contributed by atoms with E-state index in [1.54, 1.807) is 0 Å².